The van der Waals surface area contributed by atoms with Gasteiger partial charge in [0.1, 0.15) is 11.4 Å². The molecule has 1 aliphatic carbocycles. The van der Waals surface area contributed by atoms with Crippen LogP contribution in [0.2, 0.25) is 0 Å². The monoisotopic (exact) mass is 330 g/mol. The highest BCUT2D eigenvalue weighted by Crippen LogP contribution is 2.55. The van der Waals surface area contributed by atoms with E-state index in [0.717, 1.165) is 37.1 Å². The fraction of sp³-hybridized carbons (Fsp3) is 0.429. The average molecular weight is 331 g/mol. The zero-order valence-corrected chi connectivity index (χ0v) is 13.2. The number of hydrogen-bond donors (Lipinski definition) is 3. The maximum Gasteiger partial charge on any atom is 0.238 e. The van der Waals surface area contributed by atoms with Crippen LogP contribution in [-0.2, 0) is 11.3 Å². The first-order valence-electron chi connectivity index (χ1n) is 6.52. The Labute approximate surface area is 136 Å². The Hall–Kier alpha value is -1.30. The van der Waals surface area contributed by atoms with Crippen molar-refractivity contribution in [3.05, 3.63) is 35.4 Å². The third kappa shape index (κ3) is 2.86. The van der Waals surface area contributed by atoms with E-state index in [2.05, 4.69) is 4.90 Å². The van der Waals surface area contributed by atoms with Gasteiger partial charge in [0.05, 0.1) is 0 Å². The van der Waals surface area contributed by atoms with Gasteiger partial charge in [0.15, 0.2) is 0 Å². The standard InChI is InChI=1S/C14H18N4O.2ClH/c15-12(16)10-3-1-9(2-4-10)8-18-6-5-11-7-14(11,18)13(17)19;;/h1-4,11H,5-8H2,(H3,15,16)(H2,17,19);2*1H/t11-,14+;;/m1../s1. The molecule has 116 valence electrons. The number of amidine groups is 1. The fourth-order valence-corrected chi connectivity index (χ4v) is 3.24. The molecule has 3 rings (SSSR count). The topological polar surface area (TPSA) is 96.2 Å². The third-order valence-corrected chi connectivity index (χ3v) is 4.45. The van der Waals surface area contributed by atoms with Crippen LogP contribution in [0.5, 0.6) is 0 Å². The lowest BCUT2D eigenvalue weighted by Crippen LogP contribution is -2.45. The molecule has 1 saturated heterocycles. The van der Waals surface area contributed by atoms with Gasteiger partial charge in [-0.15, -0.1) is 24.8 Å². The molecule has 5 nitrogen and oxygen atoms in total. The number of nitrogens with two attached hydrogens (primary N) is 2. The van der Waals surface area contributed by atoms with Crippen LogP contribution in [0.15, 0.2) is 24.3 Å². The van der Waals surface area contributed by atoms with Crippen LogP contribution in [0.25, 0.3) is 0 Å². The van der Waals surface area contributed by atoms with Gasteiger partial charge in [-0.05, 0) is 30.9 Å². The summed E-state index contributed by atoms with van der Waals surface area (Å²) < 4.78 is 0. The first kappa shape index (κ1) is 17.8. The predicted octanol–water partition coefficient (Wildman–Crippen LogP) is 1.26. The maximum absolute atomic E-state index is 11.6. The van der Waals surface area contributed by atoms with Crippen molar-refractivity contribution in [2.45, 2.75) is 24.9 Å². The molecule has 0 aromatic heterocycles. The number of carbonyl (C=O) groups is 1. The SMILES string of the molecule is Cl.Cl.N=C(N)c1ccc(CN2CC[C@@H]3C[C@@]32C(N)=O)cc1. The van der Waals surface area contributed by atoms with Crippen molar-refractivity contribution in [2.75, 3.05) is 6.54 Å². The summed E-state index contributed by atoms with van der Waals surface area (Å²) in [5.41, 5.74) is 12.5. The number of piperidine rings is 1. The number of fused-ring (bicyclic) bond motifs is 1. The second kappa shape index (κ2) is 6.22. The van der Waals surface area contributed by atoms with E-state index in [4.69, 9.17) is 16.9 Å². The van der Waals surface area contributed by atoms with Crippen molar-refractivity contribution >= 4 is 36.6 Å². The minimum Gasteiger partial charge on any atom is -0.384 e. The Morgan fingerprint density at radius 3 is 2.38 bits per heavy atom. The van der Waals surface area contributed by atoms with Crippen LogP contribution < -0.4 is 11.5 Å². The van der Waals surface area contributed by atoms with Crippen molar-refractivity contribution in [1.29, 1.82) is 5.41 Å². The Balaban J connectivity index is 0.00000110. The molecule has 1 aliphatic heterocycles. The highest BCUT2D eigenvalue weighted by atomic mass is 35.5. The van der Waals surface area contributed by atoms with Crippen molar-refractivity contribution in [1.82, 2.24) is 4.90 Å². The normalized spacial score (nSPS) is 26.2. The number of amides is 1. The second-order valence-corrected chi connectivity index (χ2v) is 5.51. The molecule has 2 atom stereocenters. The van der Waals surface area contributed by atoms with E-state index in [9.17, 15) is 4.79 Å². The molecule has 0 radical (unpaired) electrons. The van der Waals surface area contributed by atoms with Crippen LogP contribution in [0, 0.1) is 11.3 Å². The van der Waals surface area contributed by atoms with E-state index in [-0.39, 0.29) is 42.1 Å². The zero-order valence-electron chi connectivity index (χ0n) is 11.5. The summed E-state index contributed by atoms with van der Waals surface area (Å²) in [6.45, 7) is 1.67. The summed E-state index contributed by atoms with van der Waals surface area (Å²) in [6.07, 6.45) is 1.97. The predicted molar refractivity (Wildman–Crippen MR) is 87.0 cm³/mol. The number of nitrogens with zero attached hydrogens (tertiary/aromatic N) is 1. The van der Waals surface area contributed by atoms with E-state index < -0.39 is 0 Å². The lowest BCUT2D eigenvalue weighted by Gasteiger charge is -2.25. The van der Waals surface area contributed by atoms with E-state index in [1.165, 1.54) is 0 Å². The quantitative estimate of drug-likeness (QED) is 0.572. The number of benzene rings is 1. The van der Waals surface area contributed by atoms with Gasteiger partial charge >= 0.3 is 0 Å². The Morgan fingerprint density at radius 2 is 1.90 bits per heavy atom. The Kier molecular flexibility index (Phi) is 5.25. The molecule has 2 fully saturated rings. The molecule has 1 aromatic rings. The number of primary amides is 1. The van der Waals surface area contributed by atoms with E-state index in [0.29, 0.717) is 5.92 Å². The van der Waals surface area contributed by atoms with Crippen molar-refractivity contribution in [3.63, 3.8) is 0 Å². The van der Waals surface area contributed by atoms with Gasteiger partial charge < -0.3 is 11.5 Å². The molecule has 1 saturated carbocycles. The molecular weight excluding hydrogens is 311 g/mol. The van der Waals surface area contributed by atoms with Gasteiger partial charge in [0, 0.05) is 12.1 Å². The molecule has 0 unspecified atom stereocenters. The van der Waals surface area contributed by atoms with Crippen LogP contribution >= 0.6 is 24.8 Å². The number of carbonyl (C=O) groups excluding carboxylic acids is 1. The number of nitrogens with one attached hydrogen (secondary N) is 1. The van der Waals surface area contributed by atoms with Gasteiger partial charge in [-0.3, -0.25) is 15.1 Å². The van der Waals surface area contributed by atoms with Crippen LogP contribution in [0.3, 0.4) is 0 Å². The second-order valence-electron chi connectivity index (χ2n) is 5.51. The number of likely N-dealkylation sites (tertiary alicyclic amines) is 1. The molecule has 7 heteroatoms. The van der Waals surface area contributed by atoms with E-state index >= 15 is 0 Å². The molecular formula is C14H20Cl2N4O. The van der Waals surface area contributed by atoms with Gasteiger partial charge in [-0.2, -0.15) is 0 Å². The Morgan fingerprint density at radius 1 is 1.29 bits per heavy atom. The summed E-state index contributed by atoms with van der Waals surface area (Å²) in [7, 11) is 0. The Bertz CT molecular complexity index is 548. The molecule has 0 spiro atoms. The van der Waals surface area contributed by atoms with Crippen molar-refractivity contribution in [3.8, 4) is 0 Å². The summed E-state index contributed by atoms with van der Waals surface area (Å²) in [5, 5.41) is 7.36. The highest BCUT2D eigenvalue weighted by Gasteiger charge is 2.65. The van der Waals surface area contributed by atoms with Crippen molar-refractivity contribution in [2.24, 2.45) is 17.4 Å². The third-order valence-electron chi connectivity index (χ3n) is 4.45. The molecule has 5 N–H and O–H groups in total. The van der Waals surface area contributed by atoms with Crippen molar-refractivity contribution < 1.29 is 4.79 Å². The molecule has 2 aliphatic rings. The number of halogens is 2. The molecule has 21 heavy (non-hydrogen) atoms. The van der Waals surface area contributed by atoms with Gasteiger partial charge in [-0.25, -0.2) is 0 Å². The number of rotatable bonds is 4. The van der Waals surface area contributed by atoms with Gasteiger partial charge in [0.2, 0.25) is 5.91 Å². The van der Waals surface area contributed by atoms with Gasteiger partial charge in [-0.1, -0.05) is 24.3 Å². The molecule has 1 heterocycles. The number of hydrogen-bond acceptors (Lipinski definition) is 3. The molecule has 0 bridgehead atoms. The first-order chi connectivity index (χ1) is 9.04. The minimum absolute atomic E-state index is 0. The van der Waals surface area contributed by atoms with Crippen LogP contribution in [-0.4, -0.2) is 28.7 Å². The summed E-state index contributed by atoms with van der Waals surface area (Å²) in [6, 6.07) is 7.60. The summed E-state index contributed by atoms with van der Waals surface area (Å²) in [4.78, 5) is 13.8. The fourth-order valence-electron chi connectivity index (χ4n) is 3.24. The van der Waals surface area contributed by atoms with Crippen LogP contribution in [0.1, 0.15) is 24.0 Å². The summed E-state index contributed by atoms with van der Waals surface area (Å²) in [5.74, 6) is 0.348. The lowest BCUT2D eigenvalue weighted by atomic mass is 10.1. The van der Waals surface area contributed by atoms with Crippen LogP contribution in [0.4, 0.5) is 0 Å². The largest absolute Gasteiger partial charge is 0.384 e. The van der Waals surface area contributed by atoms with E-state index in [1.54, 1.807) is 0 Å². The van der Waals surface area contributed by atoms with E-state index in [1.807, 2.05) is 24.3 Å². The summed E-state index contributed by atoms with van der Waals surface area (Å²) >= 11 is 0. The smallest absolute Gasteiger partial charge is 0.238 e. The van der Waals surface area contributed by atoms with Gasteiger partial charge in [0.25, 0.3) is 0 Å². The minimum atomic E-state index is -0.376. The highest BCUT2D eigenvalue weighted by molar-refractivity contribution is 5.94. The molecule has 1 amide bonds. The maximum atomic E-state index is 11.6. The lowest BCUT2D eigenvalue weighted by molar-refractivity contribution is -0.124. The zero-order chi connectivity index (χ0) is 13.6. The molecule has 1 aromatic carbocycles. The number of nitrogen functional groups attached to an aromatic ring is 1. The first-order valence-corrected chi connectivity index (χ1v) is 6.52. The average Bonchev–Trinajstić information content (AvgIpc) is 3.02.